The molecule has 4 N–H and O–H groups in total. The van der Waals surface area contributed by atoms with Gasteiger partial charge in [-0.2, -0.15) is 13.5 Å². The third-order valence-electron chi connectivity index (χ3n) is 1.86. The lowest BCUT2D eigenvalue weighted by Crippen LogP contribution is -2.49. The molecule has 2 fully saturated rings. The van der Waals surface area contributed by atoms with Crippen LogP contribution in [0.5, 0.6) is 0 Å². The predicted molar refractivity (Wildman–Crippen MR) is 62.1 cm³/mol. The Bertz CT molecular complexity index is 181. The van der Waals surface area contributed by atoms with Crippen molar-refractivity contribution in [2.75, 3.05) is 39.3 Å². The summed E-state index contributed by atoms with van der Waals surface area (Å²) in [5.74, 6) is -1.06. The topological polar surface area (TPSA) is 82.3 Å². The van der Waals surface area contributed by atoms with E-state index in [1.54, 1.807) is 0 Å². The van der Waals surface area contributed by atoms with Gasteiger partial charge in [0.2, 0.25) is 0 Å². The normalized spacial score (nSPS) is 20.0. The number of nitrogens with one attached hydrogen (secondary N) is 4. The fourth-order valence-corrected chi connectivity index (χ4v) is 1.12. The zero-order chi connectivity index (χ0) is 10.2. The van der Waals surface area contributed by atoms with Crippen molar-refractivity contribution < 1.29 is 9.59 Å². The van der Waals surface area contributed by atoms with E-state index in [2.05, 4.69) is 21.3 Å². The van der Waals surface area contributed by atoms with E-state index in [9.17, 15) is 9.59 Å². The Morgan fingerprint density at radius 2 is 1.00 bits per heavy atom. The molecule has 0 saturated carbocycles. The minimum Gasteiger partial charge on any atom is -0.346 e. The van der Waals surface area contributed by atoms with Gasteiger partial charge in [-0.05, 0) is 0 Å². The second-order valence-corrected chi connectivity index (χ2v) is 3.01. The quantitative estimate of drug-likeness (QED) is 0.350. The SMILES string of the molecule is C1CNCCN1.O=C1NCCNC1=O.S. The van der Waals surface area contributed by atoms with Crippen LogP contribution in [0.15, 0.2) is 0 Å². The Morgan fingerprint density at radius 1 is 0.667 bits per heavy atom. The monoisotopic (exact) mass is 234 g/mol. The second-order valence-electron chi connectivity index (χ2n) is 3.01. The lowest BCUT2D eigenvalue weighted by molar-refractivity contribution is -0.140. The highest BCUT2D eigenvalue weighted by Crippen LogP contribution is 1.73. The van der Waals surface area contributed by atoms with Gasteiger partial charge in [0, 0.05) is 39.3 Å². The van der Waals surface area contributed by atoms with Crippen molar-refractivity contribution in [2.24, 2.45) is 0 Å². The predicted octanol–water partition coefficient (Wildman–Crippen LogP) is -2.48. The highest BCUT2D eigenvalue weighted by Gasteiger charge is 2.15. The number of hydrogen-bond donors (Lipinski definition) is 4. The molecule has 2 aliphatic heterocycles. The molecule has 2 heterocycles. The smallest absolute Gasteiger partial charge is 0.309 e. The van der Waals surface area contributed by atoms with Crippen molar-refractivity contribution in [2.45, 2.75) is 0 Å². The zero-order valence-corrected chi connectivity index (χ0v) is 9.56. The van der Waals surface area contributed by atoms with Crippen molar-refractivity contribution in [3.63, 3.8) is 0 Å². The number of piperazine rings is 2. The first-order valence-electron chi connectivity index (χ1n) is 4.78. The van der Waals surface area contributed by atoms with Crippen molar-refractivity contribution in [3.8, 4) is 0 Å². The van der Waals surface area contributed by atoms with E-state index in [0.717, 1.165) is 26.2 Å². The Hall–Kier alpha value is -0.790. The molecule has 88 valence electrons. The molecular formula is C8H18N4O2S. The minimum absolute atomic E-state index is 0. The van der Waals surface area contributed by atoms with E-state index in [4.69, 9.17) is 0 Å². The van der Waals surface area contributed by atoms with Crippen molar-refractivity contribution in [1.82, 2.24) is 21.3 Å². The van der Waals surface area contributed by atoms with Crippen LogP contribution in [0.4, 0.5) is 0 Å². The molecule has 0 atom stereocenters. The van der Waals surface area contributed by atoms with Gasteiger partial charge in [-0.1, -0.05) is 0 Å². The van der Waals surface area contributed by atoms with E-state index >= 15 is 0 Å². The van der Waals surface area contributed by atoms with E-state index in [0.29, 0.717) is 13.1 Å². The number of carbonyl (C=O) groups is 2. The molecule has 2 aliphatic rings. The van der Waals surface area contributed by atoms with Gasteiger partial charge < -0.3 is 21.3 Å². The van der Waals surface area contributed by atoms with Crippen molar-refractivity contribution in [1.29, 1.82) is 0 Å². The lowest BCUT2D eigenvalue weighted by atomic mass is 10.4. The van der Waals surface area contributed by atoms with Gasteiger partial charge in [0.1, 0.15) is 0 Å². The molecule has 2 saturated heterocycles. The highest BCUT2D eigenvalue weighted by atomic mass is 32.1. The summed E-state index contributed by atoms with van der Waals surface area (Å²) in [5, 5.41) is 11.2. The van der Waals surface area contributed by atoms with Crippen LogP contribution in [0, 0.1) is 0 Å². The number of hydrogen-bond acceptors (Lipinski definition) is 4. The van der Waals surface area contributed by atoms with Gasteiger partial charge in [0.15, 0.2) is 0 Å². The first kappa shape index (κ1) is 14.2. The molecule has 0 aromatic carbocycles. The van der Waals surface area contributed by atoms with Crippen LogP contribution < -0.4 is 21.3 Å². The molecule has 15 heavy (non-hydrogen) atoms. The standard InChI is InChI=1S/C4H6N2O2.C4H10N2.H2S/c7-3-4(8)6-2-1-5-3;1-2-6-4-3-5-1;/h1-2H2,(H,5,7)(H,6,8);5-6H,1-4H2;1H2. The van der Waals surface area contributed by atoms with Crippen molar-refractivity contribution >= 4 is 25.3 Å². The summed E-state index contributed by atoms with van der Waals surface area (Å²) >= 11 is 0. The number of amides is 2. The third kappa shape index (κ3) is 6.32. The first-order chi connectivity index (χ1) is 6.80. The molecule has 2 amide bonds. The van der Waals surface area contributed by atoms with Gasteiger partial charge in [-0.15, -0.1) is 0 Å². The van der Waals surface area contributed by atoms with Gasteiger partial charge in [0.25, 0.3) is 0 Å². The Balaban J connectivity index is 0.000000253. The van der Waals surface area contributed by atoms with E-state index in [-0.39, 0.29) is 13.5 Å². The first-order valence-corrected chi connectivity index (χ1v) is 4.78. The molecule has 0 aromatic rings. The second kappa shape index (κ2) is 8.51. The van der Waals surface area contributed by atoms with Gasteiger partial charge >= 0.3 is 11.8 Å². The molecular weight excluding hydrogens is 216 g/mol. The largest absolute Gasteiger partial charge is 0.346 e. The summed E-state index contributed by atoms with van der Waals surface area (Å²) in [6.07, 6.45) is 0. The van der Waals surface area contributed by atoms with E-state index < -0.39 is 11.8 Å². The molecule has 0 spiro atoms. The molecule has 0 radical (unpaired) electrons. The maximum absolute atomic E-state index is 10.3. The van der Waals surface area contributed by atoms with Gasteiger partial charge in [-0.3, -0.25) is 9.59 Å². The molecule has 6 nitrogen and oxygen atoms in total. The molecule has 2 rings (SSSR count). The Kier molecular flexibility index (Phi) is 8.06. The summed E-state index contributed by atoms with van der Waals surface area (Å²) in [4.78, 5) is 20.5. The van der Waals surface area contributed by atoms with E-state index in [1.807, 2.05) is 0 Å². The van der Waals surface area contributed by atoms with Gasteiger partial charge in [0.05, 0.1) is 0 Å². The molecule has 0 aliphatic carbocycles. The lowest BCUT2D eigenvalue weighted by Gasteiger charge is -2.11. The van der Waals surface area contributed by atoms with Crippen LogP contribution in [0.25, 0.3) is 0 Å². The Morgan fingerprint density at radius 3 is 1.20 bits per heavy atom. The summed E-state index contributed by atoms with van der Waals surface area (Å²) in [7, 11) is 0. The average molecular weight is 234 g/mol. The van der Waals surface area contributed by atoms with Crippen LogP contribution in [0.1, 0.15) is 0 Å². The Labute approximate surface area is 96.0 Å². The van der Waals surface area contributed by atoms with Crippen molar-refractivity contribution in [3.05, 3.63) is 0 Å². The summed E-state index contributed by atoms with van der Waals surface area (Å²) in [6.45, 7) is 5.65. The highest BCUT2D eigenvalue weighted by molar-refractivity contribution is 7.59. The summed E-state index contributed by atoms with van der Waals surface area (Å²) in [5.41, 5.74) is 0. The number of carbonyl (C=O) groups excluding carboxylic acids is 2. The maximum atomic E-state index is 10.3. The zero-order valence-electron chi connectivity index (χ0n) is 8.56. The molecule has 0 aromatic heterocycles. The fourth-order valence-electron chi connectivity index (χ4n) is 1.12. The van der Waals surface area contributed by atoms with Gasteiger partial charge in [-0.25, -0.2) is 0 Å². The van der Waals surface area contributed by atoms with Crippen LogP contribution in [-0.4, -0.2) is 51.1 Å². The van der Waals surface area contributed by atoms with Crippen LogP contribution >= 0.6 is 13.5 Å². The minimum atomic E-state index is -0.531. The molecule has 0 bridgehead atoms. The van der Waals surface area contributed by atoms with Crippen LogP contribution in [0.3, 0.4) is 0 Å². The third-order valence-corrected chi connectivity index (χ3v) is 1.86. The van der Waals surface area contributed by atoms with Crippen LogP contribution in [-0.2, 0) is 9.59 Å². The average Bonchev–Trinajstić information content (AvgIpc) is 2.26. The maximum Gasteiger partial charge on any atom is 0.309 e. The number of rotatable bonds is 0. The van der Waals surface area contributed by atoms with E-state index in [1.165, 1.54) is 0 Å². The molecule has 7 heteroatoms. The summed E-state index contributed by atoms with van der Waals surface area (Å²) < 4.78 is 0. The van der Waals surface area contributed by atoms with Crippen LogP contribution in [0.2, 0.25) is 0 Å². The molecule has 0 unspecified atom stereocenters. The summed E-state index contributed by atoms with van der Waals surface area (Å²) in [6, 6.07) is 0. The fraction of sp³-hybridized carbons (Fsp3) is 0.750.